The maximum atomic E-state index is 14.0. The summed E-state index contributed by atoms with van der Waals surface area (Å²) < 4.78 is 2.88. The Morgan fingerprint density at radius 2 is 1.70 bits per heavy atom. The van der Waals surface area contributed by atoms with Crippen molar-refractivity contribution < 1.29 is 9.59 Å². The smallest absolute Gasteiger partial charge is 0.339 e. The number of nitrogens with two attached hydrogens (primary N) is 1. The number of nitrogen functional groups attached to an aromatic ring is 1. The molecule has 2 heterocycles. The van der Waals surface area contributed by atoms with Crippen molar-refractivity contribution in [3.63, 3.8) is 0 Å². The van der Waals surface area contributed by atoms with Crippen molar-refractivity contribution >= 4 is 40.2 Å². The molecule has 11 heteroatoms. The third-order valence-electron chi connectivity index (χ3n) is 7.70. The van der Waals surface area contributed by atoms with Crippen LogP contribution in [0.25, 0.3) is 22.5 Å². The third kappa shape index (κ3) is 5.72. The Labute approximate surface area is 253 Å². The third-order valence-corrected chi connectivity index (χ3v) is 7.70. The fourth-order valence-electron chi connectivity index (χ4n) is 5.07. The van der Waals surface area contributed by atoms with Crippen molar-refractivity contribution in [2.75, 3.05) is 36.6 Å². The molecule has 2 amide bonds. The molecule has 0 spiro atoms. The van der Waals surface area contributed by atoms with Gasteiger partial charge in [-0.2, -0.15) is 0 Å². The van der Waals surface area contributed by atoms with Crippen LogP contribution >= 0.6 is 0 Å². The second kappa shape index (κ2) is 12.0. The van der Waals surface area contributed by atoms with E-state index >= 15 is 0 Å². The average molecular weight is 589 g/mol. The molecule has 0 unspecified atom stereocenters. The van der Waals surface area contributed by atoms with Gasteiger partial charge in [0, 0.05) is 42.6 Å². The number of anilines is 3. The van der Waals surface area contributed by atoms with E-state index in [0.29, 0.717) is 52.1 Å². The summed E-state index contributed by atoms with van der Waals surface area (Å²) in [4.78, 5) is 51.8. The van der Waals surface area contributed by atoms with E-state index in [2.05, 4.69) is 27.2 Å². The first-order valence-electron chi connectivity index (χ1n) is 14.3. The number of nitrogens with zero attached hydrogens (tertiary/aromatic N) is 6. The van der Waals surface area contributed by atoms with E-state index in [0.717, 1.165) is 0 Å². The van der Waals surface area contributed by atoms with E-state index < -0.39 is 5.69 Å². The van der Waals surface area contributed by atoms with Crippen LogP contribution in [0.1, 0.15) is 23.2 Å². The minimum absolute atomic E-state index is 0.136. The molecule has 1 aliphatic rings. The highest BCUT2D eigenvalue weighted by Gasteiger charge is 2.25. The maximum Gasteiger partial charge on any atom is 0.339 e. The Morgan fingerprint density at radius 1 is 0.955 bits per heavy atom. The standard InChI is InChI=1S/C33H32N8O3/c1-38(24-17-18-24)19-7-12-28(42)39(2)26-10-6-11-27(20-26)41-31-29(30(34)35-21-36-31)40(33(41)44)25-15-13-23(14-16-25)37-32(43)22-8-4-3-5-9-22/h3-16,20-21,24H,17-19H2,1-2H3,(H,37,43)(H2,34,35,36)/b12-7+. The van der Waals surface area contributed by atoms with E-state index in [4.69, 9.17) is 5.73 Å². The molecule has 0 saturated heterocycles. The second-order valence-corrected chi connectivity index (χ2v) is 10.7. The number of imidazole rings is 1. The van der Waals surface area contributed by atoms with Gasteiger partial charge in [-0.25, -0.2) is 19.3 Å². The van der Waals surface area contributed by atoms with E-state index in [-0.39, 0.29) is 17.6 Å². The fourth-order valence-corrected chi connectivity index (χ4v) is 5.07. The summed E-state index contributed by atoms with van der Waals surface area (Å²) in [5.74, 6) is -0.279. The Morgan fingerprint density at radius 3 is 2.43 bits per heavy atom. The minimum atomic E-state index is -0.414. The van der Waals surface area contributed by atoms with Crippen LogP contribution in [0.15, 0.2) is 102 Å². The fraction of sp³-hybridized carbons (Fsp3) is 0.182. The summed E-state index contributed by atoms with van der Waals surface area (Å²) in [7, 11) is 3.75. The van der Waals surface area contributed by atoms with Gasteiger partial charge in [-0.05, 0) is 74.5 Å². The van der Waals surface area contributed by atoms with Gasteiger partial charge in [-0.3, -0.25) is 19.1 Å². The number of likely N-dealkylation sites (N-methyl/N-ethyl adjacent to an activating group) is 2. The average Bonchev–Trinajstić information content (AvgIpc) is 3.85. The highest BCUT2D eigenvalue weighted by molar-refractivity contribution is 6.04. The Bertz CT molecular complexity index is 1920. The molecule has 2 aromatic heterocycles. The zero-order valence-corrected chi connectivity index (χ0v) is 24.4. The van der Waals surface area contributed by atoms with Crippen LogP contribution in [-0.2, 0) is 4.79 Å². The predicted molar refractivity (Wildman–Crippen MR) is 171 cm³/mol. The van der Waals surface area contributed by atoms with Crippen molar-refractivity contribution in [2.24, 2.45) is 0 Å². The van der Waals surface area contributed by atoms with Crippen LogP contribution in [0, 0.1) is 0 Å². The quantitative estimate of drug-likeness (QED) is 0.249. The molecule has 3 N–H and O–H groups in total. The predicted octanol–water partition coefficient (Wildman–Crippen LogP) is 4.02. The molecule has 0 aliphatic heterocycles. The highest BCUT2D eigenvalue weighted by atomic mass is 16.2. The number of rotatable bonds is 9. The molecule has 6 rings (SSSR count). The summed E-state index contributed by atoms with van der Waals surface area (Å²) in [5.41, 5.74) is 9.27. The molecule has 222 valence electrons. The number of hydrogen-bond donors (Lipinski definition) is 2. The first-order chi connectivity index (χ1) is 21.3. The molecule has 5 aromatic rings. The number of nitrogens with one attached hydrogen (secondary N) is 1. The molecule has 0 atom stereocenters. The van der Waals surface area contributed by atoms with E-state index in [1.807, 2.05) is 18.2 Å². The lowest BCUT2D eigenvalue weighted by Crippen LogP contribution is -2.26. The molecule has 1 saturated carbocycles. The van der Waals surface area contributed by atoms with Crippen molar-refractivity contribution in [1.82, 2.24) is 24.0 Å². The lowest BCUT2D eigenvalue weighted by molar-refractivity contribution is -0.113. The summed E-state index contributed by atoms with van der Waals surface area (Å²) in [6.07, 6.45) is 7.16. The molecule has 0 bridgehead atoms. The Hall–Kier alpha value is -5.55. The number of carbonyl (C=O) groups is 2. The lowest BCUT2D eigenvalue weighted by atomic mass is 10.2. The largest absolute Gasteiger partial charge is 0.382 e. The normalized spacial score (nSPS) is 13.1. The van der Waals surface area contributed by atoms with Crippen LogP contribution in [0.3, 0.4) is 0 Å². The molecular formula is C33H32N8O3. The number of fused-ring (bicyclic) bond motifs is 1. The van der Waals surface area contributed by atoms with Gasteiger partial charge in [0.1, 0.15) is 11.8 Å². The molecule has 1 fully saturated rings. The molecule has 0 radical (unpaired) electrons. The van der Waals surface area contributed by atoms with E-state index in [1.165, 1.54) is 33.2 Å². The van der Waals surface area contributed by atoms with Crippen LogP contribution in [0.4, 0.5) is 17.2 Å². The molecule has 44 heavy (non-hydrogen) atoms. The summed E-state index contributed by atoms with van der Waals surface area (Å²) in [6.45, 7) is 0.709. The maximum absolute atomic E-state index is 14.0. The van der Waals surface area contributed by atoms with Crippen molar-refractivity contribution in [2.45, 2.75) is 18.9 Å². The van der Waals surface area contributed by atoms with E-state index in [9.17, 15) is 14.4 Å². The van der Waals surface area contributed by atoms with Crippen LogP contribution in [0.2, 0.25) is 0 Å². The zero-order chi connectivity index (χ0) is 30.8. The zero-order valence-electron chi connectivity index (χ0n) is 24.4. The van der Waals surface area contributed by atoms with Crippen LogP contribution < -0.4 is 21.6 Å². The number of benzene rings is 3. The van der Waals surface area contributed by atoms with Gasteiger partial charge < -0.3 is 16.0 Å². The number of hydrogen-bond acceptors (Lipinski definition) is 7. The Balaban J connectivity index is 1.30. The lowest BCUT2D eigenvalue weighted by Gasteiger charge is -2.17. The van der Waals surface area contributed by atoms with Gasteiger partial charge in [-0.1, -0.05) is 30.3 Å². The van der Waals surface area contributed by atoms with Gasteiger partial charge in [0.05, 0.1) is 11.4 Å². The number of carbonyl (C=O) groups excluding carboxylic acids is 2. The van der Waals surface area contributed by atoms with Crippen molar-refractivity contribution in [3.8, 4) is 11.4 Å². The minimum Gasteiger partial charge on any atom is -0.382 e. The van der Waals surface area contributed by atoms with Crippen LogP contribution in [-0.4, -0.2) is 62.5 Å². The van der Waals surface area contributed by atoms with Crippen LogP contribution in [0.5, 0.6) is 0 Å². The molecular weight excluding hydrogens is 556 g/mol. The van der Waals surface area contributed by atoms with Gasteiger partial charge in [-0.15, -0.1) is 0 Å². The SMILES string of the molecule is CN(C(=O)/C=C/CN(C)C1CC1)c1cccc(-n2c(=O)n(-c3ccc(NC(=O)c4ccccc4)cc3)c3c(N)ncnc32)c1. The highest BCUT2D eigenvalue weighted by Crippen LogP contribution is 2.26. The summed E-state index contributed by atoms with van der Waals surface area (Å²) >= 11 is 0. The summed E-state index contributed by atoms with van der Waals surface area (Å²) in [5, 5.41) is 2.86. The monoisotopic (exact) mass is 588 g/mol. The van der Waals surface area contributed by atoms with Crippen molar-refractivity contribution in [3.05, 3.63) is 113 Å². The van der Waals surface area contributed by atoms with Gasteiger partial charge in [0.25, 0.3) is 5.91 Å². The second-order valence-electron chi connectivity index (χ2n) is 10.7. The summed E-state index contributed by atoms with van der Waals surface area (Å²) in [6, 6.07) is 23.5. The van der Waals surface area contributed by atoms with Gasteiger partial charge in [0.15, 0.2) is 11.5 Å². The van der Waals surface area contributed by atoms with E-state index in [1.54, 1.807) is 79.9 Å². The first kappa shape index (κ1) is 28.6. The number of aromatic nitrogens is 4. The molecule has 3 aromatic carbocycles. The Kier molecular flexibility index (Phi) is 7.78. The molecule has 11 nitrogen and oxygen atoms in total. The van der Waals surface area contributed by atoms with Crippen molar-refractivity contribution in [1.29, 1.82) is 0 Å². The number of amides is 2. The first-order valence-corrected chi connectivity index (χ1v) is 14.3. The van der Waals surface area contributed by atoms with Gasteiger partial charge >= 0.3 is 5.69 Å². The van der Waals surface area contributed by atoms with Gasteiger partial charge in [0.2, 0.25) is 5.91 Å². The molecule has 1 aliphatic carbocycles. The topological polar surface area (TPSA) is 131 Å².